The van der Waals surface area contributed by atoms with Crippen LogP contribution in [0.15, 0.2) is 18.2 Å². The van der Waals surface area contributed by atoms with E-state index < -0.39 is 0 Å². The van der Waals surface area contributed by atoms with Crippen molar-refractivity contribution in [2.24, 2.45) is 11.8 Å². The molecule has 2 atom stereocenters. The highest BCUT2D eigenvalue weighted by atomic mass is 35.5. The monoisotopic (exact) mass is 304 g/mol. The molecule has 0 aliphatic heterocycles. The summed E-state index contributed by atoms with van der Waals surface area (Å²) in [6, 6.07) is 7.20. The molecule has 3 rings (SSSR count). The van der Waals surface area contributed by atoms with Crippen LogP contribution in [0.5, 0.6) is 0 Å². The molecule has 0 bridgehead atoms. The molecule has 1 aliphatic carbocycles. The van der Waals surface area contributed by atoms with Gasteiger partial charge in [0.15, 0.2) is 0 Å². The first-order valence-electron chi connectivity index (χ1n) is 8.12. The molecule has 21 heavy (non-hydrogen) atoms. The quantitative estimate of drug-likeness (QED) is 0.719. The topological polar surface area (TPSA) is 17.8 Å². The zero-order valence-electron chi connectivity index (χ0n) is 13.3. The molecule has 1 fully saturated rings. The van der Waals surface area contributed by atoms with Crippen molar-refractivity contribution in [2.75, 3.05) is 5.88 Å². The first-order chi connectivity index (χ1) is 10.1. The Balaban J connectivity index is 2.08. The SMILES string of the molecule is Cc1ccc2c(c1)nc(CCCl)n2C1CC(C)CC(C)C1. The van der Waals surface area contributed by atoms with Gasteiger partial charge in [-0.2, -0.15) is 0 Å². The molecular formula is C18H25ClN2. The van der Waals surface area contributed by atoms with Crippen LogP contribution in [-0.2, 0) is 6.42 Å². The van der Waals surface area contributed by atoms with Crippen molar-refractivity contribution in [3.05, 3.63) is 29.6 Å². The van der Waals surface area contributed by atoms with E-state index in [4.69, 9.17) is 16.6 Å². The molecule has 0 saturated heterocycles. The molecule has 1 heterocycles. The minimum Gasteiger partial charge on any atom is -0.325 e. The molecule has 2 unspecified atom stereocenters. The Hall–Kier alpha value is -1.02. The van der Waals surface area contributed by atoms with Crippen molar-refractivity contribution in [3.8, 4) is 0 Å². The van der Waals surface area contributed by atoms with Crippen molar-refractivity contribution in [2.45, 2.75) is 52.5 Å². The number of rotatable bonds is 3. The zero-order valence-corrected chi connectivity index (χ0v) is 14.0. The third kappa shape index (κ3) is 2.96. The van der Waals surface area contributed by atoms with Gasteiger partial charge in [-0.05, 0) is 55.7 Å². The van der Waals surface area contributed by atoms with Gasteiger partial charge in [-0.15, -0.1) is 11.6 Å². The van der Waals surface area contributed by atoms with E-state index in [1.807, 2.05) is 0 Å². The second-order valence-corrected chi connectivity index (χ2v) is 7.28. The minimum atomic E-state index is 0.578. The van der Waals surface area contributed by atoms with Gasteiger partial charge in [0.05, 0.1) is 11.0 Å². The lowest BCUT2D eigenvalue weighted by molar-refractivity contribution is 0.222. The van der Waals surface area contributed by atoms with Gasteiger partial charge < -0.3 is 4.57 Å². The molecule has 1 saturated carbocycles. The number of aryl methyl sites for hydroxylation is 2. The Morgan fingerprint density at radius 1 is 1.19 bits per heavy atom. The fraction of sp³-hybridized carbons (Fsp3) is 0.611. The van der Waals surface area contributed by atoms with Gasteiger partial charge in [-0.1, -0.05) is 19.9 Å². The summed E-state index contributed by atoms with van der Waals surface area (Å²) in [6.45, 7) is 6.89. The molecule has 1 aromatic carbocycles. The Bertz CT molecular complexity index is 621. The molecule has 0 N–H and O–H groups in total. The summed E-state index contributed by atoms with van der Waals surface area (Å²) >= 11 is 6.01. The van der Waals surface area contributed by atoms with Crippen molar-refractivity contribution >= 4 is 22.6 Å². The van der Waals surface area contributed by atoms with E-state index in [2.05, 4.69) is 43.5 Å². The van der Waals surface area contributed by atoms with Crippen LogP contribution < -0.4 is 0 Å². The smallest absolute Gasteiger partial charge is 0.111 e. The highest BCUT2D eigenvalue weighted by molar-refractivity contribution is 6.17. The van der Waals surface area contributed by atoms with Gasteiger partial charge in [-0.3, -0.25) is 0 Å². The molecule has 1 aromatic heterocycles. The Kier molecular flexibility index (Phi) is 4.26. The lowest BCUT2D eigenvalue weighted by atomic mass is 9.80. The van der Waals surface area contributed by atoms with Gasteiger partial charge in [0, 0.05) is 18.3 Å². The molecule has 1 aliphatic rings. The van der Waals surface area contributed by atoms with Crippen LogP contribution in [0.1, 0.15) is 50.5 Å². The van der Waals surface area contributed by atoms with Crippen LogP contribution in [0.3, 0.4) is 0 Å². The van der Waals surface area contributed by atoms with Crippen LogP contribution in [-0.4, -0.2) is 15.4 Å². The van der Waals surface area contributed by atoms with Gasteiger partial charge in [-0.25, -0.2) is 4.98 Å². The summed E-state index contributed by atoms with van der Waals surface area (Å²) in [5.74, 6) is 3.40. The predicted octanol–water partition coefficient (Wildman–Crippen LogP) is 5.12. The third-order valence-corrected chi connectivity index (χ3v) is 4.94. The van der Waals surface area contributed by atoms with Crippen LogP contribution in [0.2, 0.25) is 0 Å². The van der Waals surface area contributed by atoms with Gasteiger partial charge in [0.2, 0.25) is 0 Å². The first kappa shape index (κ1) is 14.9. The average molecular weight is 305 g/mol. The number of fused-ring (bicyclic) bond motifs is 1. The lowest BCUT2D eigenvalue weighted by Gasteiger charge is -2.33. The van der Waals surface area contributed by atoms with E-state index in [1.165, 1.54) is 30.3 Å². The summed E-state index contributed by atoms with van der Waals surface area (Å²) in [4.78, 5) is 4.87. The van der Waals surface area contributed by atoms with Gasteiger partial charge >= 0.3 is 0 Å². The Morgan fingerprint density at radius 3 is 2.57 bits per heavy atom. The molecule has 0 amide bonds. The summed E-state index contributed by atoms with van der Waals surface area (Å²) in [7, 11) is 0. The van der Waals surface area contributed by atoms with Crippen LogP contribution in [0.4, 0.5) is 0 Å². The van der Waals surface area contributed by atoms with E-state index in [9.17, 15) is 0 Å². The molecule has 2 aromatic rings. The number of aromatic nitrogens is 2. The van der Waals surface area contributed by atoms with E-state index in [0.717, 1.165) is 29.6 Å². The molecule has 2 nitrogen and oxygen atoms in total. The summed E-state index contributed by atoms with van der Waals surface area (Å²) in [6.07, 6.45) is 4.74. The van der Waals surface area contributed by atoms with E-state index in [0.29, 0.717) is 11.9 Å². The summed E-state index contributed by atoms with van der Waals surface area (Å²) in [5, 5.41) is 0. The highest BCUT2D eigenvalue weighted by Gasteiger charge is 2.27. The number of alkyl halides is 1. The second kappa shape index (κ2) is 6.00. The van der Waals surface area contributed by atoms with E-state index >= 15 is 0 Å². The van der Waals surface area contributed by atoms with Crippen LogP contribution in [0.25, 0.3) is 11.0 Å². The summed E-state index contributed by atoms with van der Waals surface area (Å²) in [5.41, 5.74) is 3.68. The fourth-order valence-corrected chi connectivity index (χ4v) is 4.21. The fourth-order valence-electron chi connectivity index (χ4n) is 4.04. The van der Waals surface area contributed by atoms with Crippen molar-refractivity contribution < 1.29 is 0 Å². The maximum Gasteiger partial charge on any atom is 0.111 e. The van der Waals surface area contributed by atoms with Gasteiger partial charge in [0.1, 0.15) is 5.82 Å². The Labute approximate surface area is 132 Å². The number of hydrogen-bond donors (Lipinski definition) is 0. The molecule has 114 valence electrons. The molecule has 0 radical (unpaired) electrons. The molecular weight excluding hydrogens is 280 g/mol. The van der Waals surface area contributed by atoms with E-state index in [-0.39, 0.29) is 0 Å². The average Bonchev–Trinajstić information content (AvgIpc) is 2.75. The lowest BCUT2D eigenvalue weighted by Crippen LogP contribution is -2.24. The maximum absolute atomic E-state index is 6.01. The maximum atomic E-state index is 6.01. The standard InChI is InChI=1S/C18H25ClN2/c1-12-4-5-17-16(11-12)20-18(6-7-19)21(17)15-9-13(2)8-14(3)10-15/h4-5,11,13-15H,6-10H2,1-3H3. The van der Waals surface area contributed by atoms with Crippen molar-refractivity contribution in [1.82, 2.24) is 9.55 Å². The van der Waals surface area contributed by atoms with Gasteiger partial charge in [0.25, 0.3) is 0 Å². The van der Waals surface area contributed by atoms with E-state index in [1.54, 1.807) is 0 Å². The number of nitrogens with zero attached hydrogens (tertiary/aromatic N) is 2. The third-order valence-electron chi connectivity index (χ3n) is 4.75. The number of imidazole rings is 1. The van der Waals surface area contributed by atoms with Crippen LogP contribution in [0, 0.1) is 18.8 Å². The normalized spacial score (nSPS) is 26.4. The zero-order chi connectivity index (χ0) is 15.0. The number of halogens is 1. The molecule has 0 spiro atoms. The summed E-state index contributed by atoms with van der Waals surface area (Å²) < 4.78 is 2.49. The van der Waals surface area contributed by atoms with Crippen molar-refractivity contribution in [3.63, 3.8) is 0 Å². The largest absolute Gasteiger partial charge is 0.325 e. The molecule has 3 heteroatoms. The highest BCUT2D eigenvalue weighted by Crippen LogP contribution is 2.38. The number of benzene rings is 1. The first-order valence-corrected chi connectivity index (χ1v) is 8.65. The van der Waals surface area contributed by atoms with Crippen LogP contribution >= 0.6 is 11.6 Å². The minimum absolute atomic E-state index is 0.578. The second-order valence-electron chi connectivity index (χ2n) is 6.90. The number of hydrogen-bond acceptors (Lipinski definition) is 1. The predicted molar refractivity (Wildman–Crippen MR) is 90.1 cm³/mol. The van der Waals surface area contributed by atoms with Crippen molar-refractivity contribution in [1.29, 1.82) is 0 Å². The Morgan fingerprint density at radius 2 is 1.90 bits per heavy atom.